The van der Waals surface area contributed by atoms with Crippen LogP contribution in [-0.2, 0) is 11.0 Å². The SMILES string of the molecule is C[C@@H](NC(=O)c1ccn(C(F)(F)F)n1)c1ccc(C(=C2CC3(C2)CN(C(=O)OC(C)(C)C)C3)c2ccc(F)cc2)cc1. The molecule has 1 saturated heterocycles. The van der Waals surface area contributed by atoms with E-state index >= 15 is 0 Å². The van der Waals surface area contributed by atoms with Crippen molar-refractivity contribution < 1.29 is 31.9 Å². The van der Waals surface area contributed by atoms with Gasteiger partial charge in [0.05, 0.1) is 6.04 Å². The standard InChI is InChI=1S/C31H32F4N4O3/c1-19(36-27(40)25-13-14-39(37-25)31(33,34)35)20-5-7-21(8-6-20)26(22-9-11-24(32)12-10-22)23-15-30(16-23)17-38(18-30)28(41)42-29(2,3)4/h5-14,19H,15-18H2,1-4H3,(H,36,40)/t19-/m1/s1. The van der Waals surface area contributed by atoms with Crippen molar-refractivity contribution in [3.8, 4) is 0 Å². The molecule has 1 aromatic heterocycles. The zero-order valence-electron chi connectivity index (χ0n) is 23.8. The van der Waals surface area contributed by atoms with Crippen LogP contribution in [0.15, 0.2) is 66.4 Å². The quantitative estimate of drug-likeness (QED) is 0.334. The lowest BCUT2D eigenvalue weighted by Crippen LogP contribution is -2.62. The number of likely N-dealkylation sites (tertiary alicyclic amines) is 1. The molecule has 2 amide bonds. The molecule has 222 valence electrons. The Morgan fingerprint density at radius 3 is 2.05 bits per heavy atom. The third-order valence-electron chi connectivity index (χ3n) is 7.50. The van der Waals surface area contributed by atoms with Crippen LogP contribution in [0.25, 0.3) is 5.57 Å². The molecule has 7 nitrogen and oxygen atoms in total. The number of rotatable bonds is 5. The van der Waals surface area contributed by atoms with Crippen LogP contribution in [0.5, 0.6) is 0 Å². The van der Waals surface area contributed by atoms with Gasteiger partial charge in [-0.05, 0) is 81.0 Å². The highest BCUT2D eigenvalue weighted by Crippen LogP contribution is 2.54. The minimum atomic E-state index is -4.70. The lowest BCUT2D eigenvalue weighted by Gasteiger charge is -2.57. The van der Waals surface area contributed by atoms with Gasteiger partial charge in [-0.25, -0.2) is 9.18 Å². The van der Waals surface area contributed by atoms with Gasteiger partial charge >= 0.3 is 12.4 Å². The van der Waals surface area contributed by atoms with Crippen LogP contribution >= 0.6 is 0 Å². The van der Waals surface area contributed by atoms with Gasteiger partial charge in [0.1, 0.15) is 17.1 Å². The van der Waals surface area contributed by atoms with E-state index in [1.165, 1.54) is 17.7 Å². The second kappa shape index (κ2) is 10.6. The highest BCUT2D eigenvalue weighted by atomic mass is 19.4. The van der Waals surface area contributed by atoms with E-state index in [-0.39, 0.29) is 27.7 Å². The van der Waals surface area contributed by atoms with Crippen molar-refractivity contribution in [3.63, 3.8) is 0 Å². The molecule has 2 fully saturated rings. The summed E-state index contributed by atoms with van der Waals surface area (Å²) in [6.07, 6.45) is -2.71. The first-order chi connectivity index (χ1) is 19.6. The van der Waals surface area contributed by atoms with Crippen molar-refractivity contribution in [2.24, 2.45) is 5.41 Å². The third-order valence-corrected chi connectivity index (χ3v) is 7.50. The second-order valence-corrected chi connectivity index (χ2v) is 12.1. The molecule has 42 heavy (non-hydrogen) atoms. The smallest absolute Gasteiger partial charge is 0.444 e. The summed E-state index contributed by atoms with van der Waals surface area (Å²) in [5.41, 5.74) is 3.87. The summed E-state index contributed by atoms with van der Waals surface area (Å²) in [6.45, 7) is 8.50. The summed E-state index contributed by atoms with van der Waals surface area (Å²) in [6, 6.07) is 14.4. The van der Waals surface area contributed by atoms with Gasteiger partial charge in [0.2, 0.25) is 0 Å². The fraction of sp³-hybridized carbons (Fsp3) is 0.387. The van der Waals surface area contributed by atoms with Crippen molar-refractivity contribution in [2.75, 3.05) is 13.1 Å². The van der Waals surface area contributed by atoms with E-state index in [2.05, 4.69) is 10.4 Å². The number of benzene rings is 2. The van der Waals surface area contributed by atoms with Crippen LogP contribution in [0.2, 0.25) is 0 Å². The van der Waals surface area contributed by atoms with Crippen LogP contribution in [0.1, 0.15) is 73.8 Å². The Balaban J connectivity index is 1.30. The van der Waals surface area contributed by atoms with Gasteiger partial charge in [-0.15, -0.1) is 13.2 Å². The lowest BCUT2D eigenvalue weighted by molar-refractivity contribution is -0.212. The number of nitrogens with one attached hydrogen (secondary N) is 1. The van der Waals surface area contributed by atoms with Crippen LogP contribution in [0.4, 0.5) is 22.4 Å². The Hall–Kier alpha value is -4.15. The number of carbonyl (C=O) groups excluding carboxylic acids is 2. The maximum atomic E-state index is 13.7. The molecule has 5 rings (SSSR count). The van der Waals surface area contributed by atoms with E-state index in [0.29, 0.717) is 19.3 Å². The topological polar surface area (TPSA) is 76.5 Å². The summed E-state index contributed by atoms with van der Waals surface area (Å²) in [5, 5.41) is 6.00. The van der Waals surface area contributed by atoms with Gasteiger partial charge in [-0.3, -0.25) is 4.79 Å². The number of hydrogen-bond acceptors (Lipinski definition) is 4. The maximum absolute atomic E-state index is 13.7. The first kappa shape index (κ1) is 29.3. The molecule has 11 heteroatoms. The largest absolute Gasteiger partial charge is 0.504 e. The fourth-order valence-electron chi connectivity index (χ4n) is 5.54. The average Bonchev–Trinajstić information content (AvgIpc) is 3.36. The van der Waals surface area contributed by atoms with Crippen molar-refractivity contribution in [2.45, 2.75) is 58.5 Å². The third kappa shape index (κ3) is 6.19. The van der Waals surface area contributed by atoms with E-state index in [9.17, 15) is 27.2 Å². The van der Waals surface area contributed by atoms with Gasteiger partial charge < -0.3 is 15.0 Å². The molecule has 1 atom stereocenters. The zero-order chi connectivity index (χ0) is 30.4. The Morgan fingerprint density at radius 1 is 0.952 bits per heavy atom. The molecule has 1 saturated carbocycles. The predicted octanol–water partition coefficient (Wildman–Crippen LogP) is 6.82. The van der Waals surface area contributed by atoms with Crippen LogP contribution in [-0.4, -0.2) is 45.4 Å². The molecule has 1 spiro atoms. The molecule has 2 heterocycles. The van der Waals surface area contributed by atoms with E-state index in [0.717, 1.165) is 41.2 Å². The minimum Gasteiger partial charge on any atom is -0.444 e. The number of ether oxygens (including phenoxy) is 1. The Morgan fingerprint density at radius 2 is 1.52 bits per heavy atom. The molecule has 2 aromatic carbocycles. The molecule has 3 aromatic rings. The Bertz CT molecular complexity index is 1500. The second-order valence-electron chi connectivity index (χ2n) is 12.1. The molecule has 0 unspecified atom stereocenters. The maximum Gasteiger partial charge on any atom is 0.504 e. The number of nitrogens with zero attached hydrogens (tertiary/aromatic N) is 3. The number of amides is 2. The average molecular weight is 585 g/mol. The summed E-state index contributed by atoms with van der Waals surface area (Å²) in [5.74, 6) is -1.05. The van der Waals surface area contributed by atoms with Gasteiger partial charge in [0, 0.05) is 24.7 Å². The number of halogens is 4. The predicted molar refractivity (Wildman–Crippen MR) is 148 cm³/mol. The highest BCUT2D eigenvalue weighted by molar-refractivity contribution is 5.92. The van der Waals surface area contributed by atoms with Crippen molar-refractivity contribution >= 4 is 17.6 Å². The van der Waals surface area contributed by atoms with Gasteiger partial charge in [-0.2, -0.15) is 9.78 Å². The molecule has 1 aliphatic heterocycles. The van der Waals surface area contributed by atoms with E-state index in [1.54, 1.807) is 24.0 Å². The molecular weight excluding hydrogens is 552 g/mol. The van der Waals surface area contributed by atoms with E-state index < -0.39 is 23.9 Å². The molecule has 2 aliphatic rings. The Kier molecular flexibility index (Phi) is 7.40. The summed E-state index contributed by atoms with van der Waals surface area (Å²) < 4.78 is 57.5. The number of carbonyl (C=O) groups is 2. The molecule has 0 radical (unpaired) electrons. The molecule has 1 aliphatic carbocycles. The first-order valence-corrected chi connectivity index (χ1v) is 13.6. The summed E-state index contributed by atoms with van der Waals surface area (Å²) >= 11 is 0. The van der Waals surface area contributed by atoms with Crippen molar-refractivity contribution in [3.05, 3.63) is 94.6 Å². The number of hydrogen-bond donors (Lipinski definition) is 1. The van der Waals surface area contributed by atoms with Gasteiger partial charge in [0.25, 0.3) is 5.91 Å². The lowest BCUT2D eigenvalue weighted by atomic mass is 9.59. The Labute approximate surface area is 241 Å². The number of aromatic nitrogens is 2. The van der Waals surface area contributed by atoms with E-state index in [4.69, 9.17) is 4.74 Å². The summed E-state index contributed by atoms with van der Waals surface area (Å²) in [4.78, 5) is 26.6. The van der Waals surface area contributed by atoms with Crippen molar-refractivity contribution in [1.29, 1.82) is 0 Å². The van der Waals surface area contributed by atoms with E-state index in [1.807, 2.05) is 45.0 Å². The van der Waals surface area contributed by atoms with Crippen LogP contribution < -0.4 is 5.32 Å². The first-order valence-electron chi connectivity index (χ1n) is 13.6. The summed E-state index contributed by atoms with van der Waals surface area (Å²) in [7, 11) is 0. The van der Waals surface area contributed by atoms with Gasteiger partial charge in [0.15, 0.2) is 0 Å². The zero-order valence-corrected chi connectivity index (χ0v) is 23.8. The fourth-order valence-corrected chi connectivity index (χ4v) is 5.54. The molecular formula is C31H32F4N4O3. The monoisotopic (exact) mass is 584 g/mol. The van der Waals surface area contributed by atoms with Crippen LogP contribution in [0.3, 0.4) is 0 Å². The molecule has 0 bridgehead atoms. The van der Waals surface area contributed by atoms with Crippen molar-refractivity contribution in [1.82, 2.24) is 20.0 Å². The molecule has 1 N–H and O–H groups in total. The normalized spacial score (nSPS) is 16.9. The van der Waals surface area contributed by atoms with Gasteiger partial charge in [-0.1, -0.05) is 42.0 Å². The minimum absolute atomic E-state index is 0.00928. The number of allylic oxidation sites excluding steroid dienone is 1. The number of alkyl halides is 3. The highest BCUT2D eigenvalue weighted by Gasteiger charge is 2.53. The van der Waals surface area contributed by atoms with Crippen LogP contribution in [0, 0.1) is 11.2 Å².